The Morgan fingerprint density at radius 3 is 2.68 bits per heavy atom. The van der Waals surface area contributed by atoms with Crippen LogP contribution in [0.25, 0.3) is 0 Å². The molecule has 1 aromatic carbocycles. The first-order valence-electron chi connectivity index (χ1n) is 7.15. The average Bonchev–Trinajstić information content (AvgIpc) is 2.39. The van der Waals surface area contributed by atoms with Gasteiger partial charge in [0.2, 0.25) is 0 Å². The van der Waals surface area contributed by atoms with Gasteiger partial charge in [-0.2, -0.15) is 0 Å². The van der Waals surface area contributed by atoms with Gasteiger partial charge in [0.15, 0.2) is 0 Å². The van der Waals surface area contributed by atoms with E-state index < -0.39 is 11.7 Å². The summed E-state index contributed by atoms with van der Waals surface area (Å²) in [5.41, 5.74) is 0.230. The van der Waals surface area contributed by atoms with Gasteiger partial charge in [-0.3, -0.25) is 0 Å². The van der Waals surface area contributed by atoms with Crippen molar-refractivity contribution < 1.29 is 14.2 Å². The van der Waals surface area contributed by atoms with Crippen LogP contribution in [0.4, 0.5) is 4.39 Å². The highest BCUT2D eigenvalue weighted by molar-refractivity contribution is 5.22. The second-order valence-electron chi connectivity index (χ2n) is 5.65. The highest BCUT2D eigenvalue weighted by atomic mass is 19.1. The lowest BCUT2D eigenvalue weighted by molar-refractivity contribution is -0.150. The average molecular weight is 266 g/mol. The van der Waals surface area contributed by atoms with E-state index in [4.69, 9.17) is 4.74 Å². The second-order valence-corrected chi connectivity index (χ2v) is 5.65. The number of hydrogen-bond donors (Lipinski definition) is 1. The summed E-state index contributed by atoms with van der Waals surface area (Å²) in [6.07, 6.45) is 3.30. The topological polar surface area (TPSA) is 29.5 Å². The van der Waals surface area contributed by atoms with Crippen LogP contribution in [0.15, 0.2) is 24.3 Å². The summed E-state index contributed by atoms with van der Waals surface area (Å²) in [5.74, 6) is 0.272. The van der Waals surface area contributed by atoms with Crippen molar-refractivity contribution in [1.29, 1.82) is 0 Å². The summed E-state index contributed by atoms with van der Waals surface area (Å²) in [7, 11) is 0. The number of rotatable bonds is 4. The van der Waals surface area contributed by atoms with Crippen LogP contribution in [-0.4, -0.2) is 17.3 Å². The van der Waals surface area contributed by atoms with Gasteiger partial charge in [0, 0.05) is 6.61 Å². The number of aliphatic hydroxyl groups is 1. The van der Waals surface area contributed by atoms with Crippen LogP contribution in [0.3, 0.4) is 0 Å². The summed E-state index contributed by atoms with van der Waals surface area (Å²) in [6.45, 7) is 4.74. The molecule has 0 bridgehead atoms. The van der Waals surface area contributed by atoms with E-state index in [1.165, 1.54) is 18.6 Å². The molecule has 106 valence electrons. The van der Waals surface area contributed by atoms with Crippen molar-refractivity contribution in [2.24, 2.45) is 5.92 Å². The first-order chi connectivity index (χ1) is 9.07. The van der Waals surface area contributed by atoms with E-state index in [1.54, 1.807) is 12.1 Å². The summed E-state index contributed by atoms with van der Waals surface area (Å²) in [5, 5.41) is 10.7. The van der Waals surface area contributed by atoms with E-state index in [9.17, 15) is 9.50 Å². The predicted octanol–water partition coefficient (Wildman–Crippen LogP) is 3.84. The number of benzene rings is 1. The molecule has 0 aromatic heterocycles. The van der Waals surface area contributed by atoms with Crippen LogP contribution in [0.5, 0.6) is 0 Å². The molecule has 0 heterocycles. The third kappa shape index (κ3) is 3.15. The lowest BCUT2D eigenvalue weighted by Crippen LogP contribution is -2.43. The van der Waals surface area contributed by atoms with Crippen LogP contribution in [-0.2, 0) is 4.74 Å². The third-order valence-corrected chi connectivity index (χ3v) is 4.11. The minimum atomic E-state index is -0.684. The van der Waals surface area contributed by atoms with E-state index in [-0.39, 0.29) is 5.82 Å². The quantitative estimate of drug-likeness (QED) is 0.897. The first kappa shape index (κ1) is 14.5. The van der Waals surface area contributed by atoms with E-state index in [2.05, 4.69) is 6.92 Å². The smallest absolute Gasteiger partial charge is 0.123 e. The summed E-state index contributed by atoms with van der Waals surface area (Å²) < 4.78 is 18.9. The molecule has 19 heavy (non-hydrogen) atoms. The molecule has 0 saturated heterocycles. The molecule has 1 fully saturated rings. The Morgan fingerprint density at radius 2 is 2.11 bits per heavy atom. The Kier molecular flexibility index (Phi) is 4.58. The van der Waals surface area contributed by atoms with Gasteiger partial charge in [0.1, 0.15) is 11.9 Å². The van der Waals surface area contributed by atoms with Crippen molar-refractivity contribution in [3.8, 4) is 0 Å². The molecule has 0 amide bonds. The maximum Gasteiger partial charge on any atom is 0.123 e. The Labute approximate surface area is 114 Å². The van der Waals surface area contributed by atoms with Crippen molar-refractivity contribution in [1.82, 2.24) is 0 Å². The zero-order valence-electron chi connectivity index (χ0n) is 11.7. The molecular weight excluding hydrogens is 243 g/mol. The van der Waals surface area contributed by atoms with Gasteiger partial charge in [-0.05, 0) is 43.4 Å². The van der Waals surface area contributed by atoms with Gasteiger partial charge in [-0.1, -0.05) is 31.9 Å². The molecule has 3 unspecified atom stereocenters. The first-order valence-corrected chi connectivity index (χ1v) is 7.15. The van der Waals surface area contributed by atoms with Crippen LogP contribution in [0.2, 0.25) is 0 Å². The SMILES string of the molecule is CCOC1(C(O)c2ccc(F)cc2)CCCC(C)C1. The Hall–Kier alpha value is -0.930. The Bertz CT molecular complexity index is 400. The Balaban J connectivity index is 2.24. The fraction of sp³-hybridized carbons (Fsp3) is 0.625. The van der Waals surface area contributed by atoms with Gasteiger partial charge < -0.3 is 9.84 Å². The minimum Gasteiger partial charge on any atom is -0.385 e. The fourth-order valence-electron chi connectivity index (χ4n) is 3.24. The van der Waals surface area contributed by atoms with E-state index >= 15 is 0 Å². The van der Waals surface area contributed by atoms with Crippen molar-refractivity contribution in [3.05, 3.63) is 35.6 Å². The summed E-state index contributed by atoms with van der Waals surface area (Å²) in [4.78, 5) is 0. The molecule has 2 nitrogen and oxygen atoms in total. The van der Waals surface area contributed by atoms with Crippen LogP contribution < -0.4 is 0 Å². The normalized spacial score (nSPS) is 29.2. The number of halogens is 1. The molecule has 3 heteroatoms. The van der Waals surface area contributed by atoms with Crippen molar-refractivity contribution in [3.63, 3.8) is 0 Å². The van der Waals surface area contributed by atoms with E-state index in [1.807, 2.05) is 6.92 Å². The summed E-state index contributed by atoms with van der Waals surface area (Å²) >= 11 is 0. The van der Waals surface area contributed by atoms with Gasteiger partial charge in [0.05, 0.1) is 5.60 Å². The van der Waals surface area contributed by atoms with Crippen molar-refractivity contribution >= 4 is 0 Å². The fourth-order valence-corrected chi connectivity index (χ4v) is 3.24. The van der Waals surface area contributed by atoms with Crippen molar-refractivity contribution in [2.45, 2.75) is 51.2 Å². The zero-order chi connectivity index (χ0) is 13.9. The van der Waals surface area contributed by atoms with Crippen LogP contribution in [0, 0.1) is 11.7 Å². The molecule has 2 rings (SSSR count). The maximum atomic E-state index is 13.0. The van der Waals surface area contributed by atoms with E-state index in [0.29, 0.717) is 12.5 Å². The van der Waals surface area contributed by atoms with Gasteiger partial charge in [-0.25, -0.2) is 4.39 Å². The number of aliphatic hydroxyl groups excluding tert-OH is 1. The summed E-state index contributed by atoms with van der Waals surface area (Å²) in [6, 6.07) is 6.09. The molecule has 0 spiro atoms. The molecule has 1 aliphatic carbocycles. The lowest BCUT2D eigenvalue weighted by atomic mass is 9.74. The maximum absolute atomic E-state index is 13.0. The molecule has 1 aromatic rings. The molecule has 0 aliphatic heterocycles. The van der Waals surface area contributed by atoms with Crippen LogP contribution in [0.1, 0.15) is 51.2 Å². The van der Waals surface area contributed by atoms with Crippen molar-refractivity contribution in [2.75, 3.05) is 6.61 Å². The predicted molar refractivity (Wildman–Crippen MR) is 73.3 cm³/mol. The number of hydrogen-bond acceptors (Lipinski definition) is 2. The van der Waals surface area contributed by atoms with Crippen LogP contribution >= 0.6 is 0 Å². The second kappa shape index (κ2) is 6.02. The third-order valence-electron chi connectivity index (χ3n) is 4.11. The minimum absolute atomic E-state index is 0.279. The highest BCUT2D eigenvalue weighted by Crippen LogP contribution is 2.43. The monoisotopic (exact) mass is 266 g/mol. The van der Waals surface area contributed by atoms with Gasteiger partial charge in [-0.15, -0.1) is 0 Å². The zero-order valence-corrected chi connectivity index (χ0v) is 11.7. The standard InChI is InChI=1S/C16H23FO2/c1-3-19-16(10-4-5-12(2)11-16)15(18)13-6-8-14(17)9-7-13/h6-9,12,15,18H,3-5,10-11H2,1-2H3. The largest absolute Gasteiger partial charge is 0.385 e. The molecular formula is C16H23FO2. The molecule has 0 radical (unpaired) electrons. The molecule has 3 atom stereocenters. The molecule has 1 aliphatic rings. The molecule has 1 N–H and O–H groups in total. The van der Waals surface area contributed by atoms with Gasteiger partial charge in [0.25, 0.3) is 0 Å². The highest BCUT2D eigenvalue weighted by Gasteiger charge is 2.42. The Morgan fingerprint density at radius 1 is 1.42 bits per heavy atom. The molecule has 1 saturated carbocycles. The van der Waals surface area contributed by atoms with E-state index in [0.717, 1.165) is 24.8 Å². The van der Waals surface area contributed by atoms with Gasteiger partial charge >= 0.3 is 0 Å². The lowest BCUT2D eigenvalue weighted by Gasteiger charge is -2.43. The number of ether oxygens (including phenoxy) is 1.